The van der Waals surface area contributed by atoms with Crippen molar-refractivity contribution in [2.24, 2.45) is 0 Å². The number of amides is 1. The second kappa shape index (κ2) is 7.42. The van der Waals surface area contributed by atoms with E-state index in [-0.39, 0.29) is 6.61 Å². The monoisotopic (exact) mass is 381 g/mol. The van der Waals surface area contributed by atoms with Gasteiger partial charge in [0.2, 0.25) is 0 Å². The maximum Gasteiger partial charge on any atom is 0.338 e. The van der Waals surface area contributed by atoms with Gasteiger partial charge < -0.3 is 10.1 Å². The molecule has 4 nitrogen and oxygen atoms in total. The van der Waals surface area contributed by atoms with E-state index in [9.17, 15) is 9.59 Å². The molecule has 0 atom stereocenters. The van der Waals surface area contributed by atoms with Gasteiger partial charge in [0, 0.05) is 15.2 Å². The quantitative estimate of drug-likeness (QED) is 0.806. The summed E-state index contributed by atoms with van der Waals surface area (Å²) in [5, 5.41) is 3.18. The first-order valence-corrected chi connectivity index (χ1v) is 7.61. The second-order valence-electron chi connectivity index (χ2n) is 4.59. The summed E-state index contributed by atoms with van der Waals surface area (Å²) < 4.78 is 5.75. The number of hydrogen-bond acceptors (Lipinski definition) is 3. The number of aryl methyl sites for hydroxylation is 1. The first-order chi connectivity index (χ1) is 10.5. The Morgan fingerprint density at radius 3 is 2.73 bits per heavy atom. The fourth-order valence-corrected chi connectivity index (χ4v) is 2.32. The molecule has 0 radical (unpaired) electrons. The summed E-state index contributed by atoms with van der Waals surface area (Å²) >= 11 is 9.15. The van der Waals surface area contributed by atoms with Crippen LogP contribution < -0.4 is 5.32 Å². The smallest absolute Gasteiger partial charge is 0.338 e. The molecular weight excluding hydrogens is 370 g/mol. The van der Waals surface area contributed by atoms with Crippen molar-refractivity contribution in [3.8, 4) is 0 Å². The zero-order valence-electron chi connectivity index (χ0n) is 11.7. The fraction of sp³-hybridized carbons (Fsp3) is 0.125. The lowest BCUT2D eigenvalue weighted by Crippen LogP contribution is -2.21. The van der Waals surface area contributed by atoms with Crippen molar-refractivity contribution in [1.29, 1.82) is 0 Å². The maximum absolute atomic E-state index is 11.8. The van der Waals surface area contributed by atoms with Crippen LogP contribution in [0.1, 0.15) is 15.9 Å². The summed E-state index contributed by atoms with van der Waals surface area (Å²) in [4.78, 5) is 23.7. The Kier molecular flexibility index (Phi) is 5.57. The summed E-state index contributed by atoms with van der Waals surface area (Å²) in [6.07, 6.45) is 0. The minimum atomic E-state index is -0.556. The second-order valence-corrected chi connectivity index (χ2v) is 5.95. The number of nitrogens with one attached hydrogen (secondary N) is 1. The zero-order chi connectivity index (χ0) is 16.1. The summed E-state index contributed by atoms with van der Waals surface area (Å²) in [7, 11) is 0. The molecule has 0 unspecified atom stereocenters. The van der Waals surface area contributed by atoms with Crippen LogP contribution in [-0.2, 0) is 9.53 Å². The number of esters is 1. The van der Waals surface area contributed by atoms with Crippen LogP contribution in [-0.4, -0.2) is 18.5 Å². The summed E-state index contributed by atoms with van der Waals surface area (Å²) in [6, 6.07) is 11.9. The number of halogens is 2. The van der Waals surface area contributed by atoms with Crippen LogP contribution in [0.25, 0.3) is 0 Å². The number of ether oxygens (including phenoxy) is 1. The first-order valence-electron chi connectivity index (χ1n) is 6.44. The highest BCUT2D eigenvalue weighted by atomic mass is 79.9. The van der Waals surface area contributed by atoms with Crippen LogP contribution in [0, 0.1) is 6.92 Å². The fourth-order valence-electron chi connectivity index (χ4n) is 1.75. The van der Waals surface area contributed by atoms with E-state index in [0.717, 1.165) is 10.0 Å². The minimum Gasteiger partial charge on any atom is -0.452 e. The molecule has 0 saturated heterocycles. The third-order valence-corrected chi connectivity index (χ3v) is 3.60. The number of carbonyl (C=O) groups is 2. The SMILES string of the molecule is Cc1ccc(Cl)cc1NC(=O)COC(=O)c1cccc(Br)c1. The van der Waals surface area contributed by atoms with Crippen LogP contribution in [0.2, 0.25) is 5.02 Å². The number of rotatable bonds is 4. The number of benzene rings is 2. The molecule has 22 heavy (non-hydrogen) atoms. The lowest BCUT2D eigenvalue weighted by atomic mass is 10.2. The number of carbonyl (C=O) groups excluding carboxylic acids is 2. The molecule has 0 aliphatic heterocycles. The zero-order valence-corrected chi connectivity index (χ0v) is 14.1. The highest BCUT2D eigenvalue weighted by Gasteiger charge is 2.11. The molecule has 0 aliphatic rings. The lowest BCUT2D eigenvalue weighted by molar-refractivity contribution is -0.119. The summed E-state index contributed by atoms with van der Waals surface area (Å²) in [5.74, 6) is -0.979. The van der Waals surface area contributed by atoms with E-state index in [4.69, 9.17) is 16.3 Å². The molecule has 0 spiro atoms. The summed E-state index contributed by atoms with van der Waals surface area (Å²) in [5.41, 5.74) is 1.84. The van der Waals surface area contributed by atoms with Gasteiger partial charge in [-0.3, -0.25) is 4.79 Å². The minimum absolute atomic E-state index is 0.364. The van der Waals surface area contributed by atoms with Gasteiger partial charge >= 0.3 is 5.97 Å². The highest BCUT2D eigenvalue weighted by Crippen LogP contribution is 2.20. The maximum atomic E-state index is 11.8. The molecule has 0 bridgehead atoms. The van der Waals surface area contributed by atoms with Crippen LogP contribution in [0.5, 0.6) is 0 Å². The Morgan fingerprint density at radius 1 is 1.23 bits per heavy atom. The Hall–Kier alpha value is -1.85. The Bertz CT molecular complexity index is 718. The predicted octanol–water partition coefficient (Wildman–Crippen LogP) is 4.21. The molecule has 1 N–H and O–H groups in total. The average Bonchev–Trinajstić information content (AvgIpc) is 2.48. The number of hydrogen-bond donors (Lipinski definition) is 1. The average molecular weight is 383 g/mol. The van der Waals surface area contributed by atoms with Crippen LogP contribution in [0.4, 0.5) is 5.69 Å². The third-order valence-electron chi connectivity index (χ3n) is 2.87. The first kappa shape index (κ1) is 16.5. The van der Waals surface area contributed by atoms with Crippen molar-refractivity contribution in [2.45, 2.75) is 6.92 Å². The van der Waals surface area contributed by atoms with Crippen molar-refractivity contribution in [2.75, 3.05) is 11.9 Å². The van der Waals surface area contributed by atoms with E-state index < -0.39 is 11.9 Å². The molecule has 2 aromatic rings. The molecule has 6 heteroatoms. The van der Waals surface area contributed by atoms with E-state index in [1.165, 1.54) is 0 Å². The van der Waals surface area contributed by atoms with Gasteiger partial charge in [0.15, 0.2) is 6.61 Å². The highest BCUT2D eigenvalue weighted by molar-refractivity contribution is 9.10. The number of anilines is 1. The Labute approximate surface area is 141 Å². The molecule has 0 fully saturated rings. The van der Waals surface area contributed by atoms with Crippen LogP contribution in [0.15, 0.2) is 46.9 Å². The molecule has 0 aliphatic carbocycles. The van der Waals surface area contributed by atoms with Gasteiger partial charge in [-0.25, -0.2) is 4.79 Å². The van der Waals surface area contributed by atoms with Gasteiger partial charge in [0.1, 0.15) is 0 Å². The van der Waals surface area contributed by atoms with Crippen molar-refractivity contribution >= 4 is 45.1 Å². The van der Waals surface area contributed by atoms with Crippen molar-refractivity contribution in [3.05, 3.63) is 63.1 Å². The molecule has 114 valence electrons. The molecule has 0 saturated carbocycles. The van der Waals surface area contributed by atoms with Crippen molar-refractivity contribution in [1.82, 2.24) is 0 Å². The van der Waals surface area contributed by atoms with Crippen LogP contribution >= 0.6 is 27.5 Å². The van der Waals surface area contributed by atoms with Gasteiger partial charge in [-0.2, -0.15) is 0 Å². The van der Waals surface area contributed by atoms with E-state index >= 15 is 0 Å². The van der Waals surface area contributed by atoms with E-state index in [1.54, 1.807) is 42.5 Å². The molecule has 2 aromatic carbocycles. The normalized spacial score (nSPS) is 10.1. The van der Waals surface area contributed by atoms with E-state index in [1.807, 2.05) is 6.92 Å². The standard InChI is InChI=1S/C16H13BrClNO3/c1-10-5-6-13(18)8-14(10)19-15(20)9-22-16(21)11-3-2-4-12(17)7-11/h2-8H,9H2,1H3,(H,19,20). The largest absolute Gasteiger partial charge is 0.452 e. The Balaban J connectivity index is 1.93. The summed E-state index contributed by atoms with van der Waals surface area (Å²) in [6.45, 7) is 1.48. The van der Waals surface area contributed by atoms with Crippen molar-refractivity contribution < 1.29 is 14.3 Å². The molecule has 0 aromatic heterocycles. The lowest BCUT2D eigenvalue weighted by Gasteiger charge is -2.09. The van der Waals surface area contributed by atoms with Gasteiger partial charge in [-0.1, -0.05) is 39.7 Å². The molecular formula is C16H13BrClNO3. The van der Waals surface area contributed by atoms with Gasteiger partial charge in [0.25, 0.3) is 5.91 Å². The van der Waals surface area contributed by atoms with Gasteiger partial charge in [-0.05, 0) is 42.8 Å². The van der Waals surface area contributed by atoms with Gasteiger partial charge in [0.05, 0.1) is 5.56 Å². The Morgan fingerprint density at radius 2 is 2.00 bits per heavy atom. The van der Waals surface area contributed by atoms with E-state index in [0.29, 0.717) is 16.3 Å². The van der Waals surface area contributed by atoms with Gasteiger partial charge in [-0.15, -0.1) is 0 Å². The van der Waals surface area contributed by atoms with E-state index in [2.05, 4.69) is 21.2 Å². The third kappa shape index (κ3) is 4.58. The van der Waals surface area contributed by atoms with Crippen molar-refractivity contribution in [3.63, 3.8) is 0 Å². The van der Waals surface area contributed by atoms with Crippen LogP contribution in [0.3, 0.4) is 0 Å². The molecule has 1 amide bonds. The molecule has 2 rings (SSSR count). The molecule has 0 heterocycles. The topological polar surface area (TPSA) is 55.4 Å². The predicted molar refractivity (Wildman–Crippen MR) is 89.2 cm³/mol.